The molecule has 0 fully saturated rings. The molecular formula is C35H58O4. The second kappa shape index (κ2) is 30.2. The highest BCUT2D eigenvalue weighted by Crippen LogP contribution is 2.17. The summed E-state index contributed by atoms with van der Waals surface area (Å²) >= 11 is 0. The van der Waals surface area contributed by atoms with Gasteiger partial charge in [0.15, 0.2) is 0 Å². The van der Waals surface area contributed by atoms with Gasteiger partial charge in [0.05, 0.1) is 0 Å². The molecule has 0 aromatic rings. The maximum atomic E-state index is 12.4. The molecule has 0 spiro atoms. The van der Waals surface area contributed by atoms with Crippen LogP contribution in [0.3, 0.4) is 0 Å². The zero-order chi connectivity index (χ0) is 28.7. The lowest BCUT2D eigenvalue weighted by molar-refractivity contribution is -0.150. The molecular weight excluding hydrogens is 484 g/mol. The number of esters is 1. The number of rotatable bonds is 27. The Morgan fingerprint density at radius 1 is 0.590 bits per heavy atom. The van der Waals surface area contributed by atoms with Crippen molar-refractivity contribution >= 4 is 11.9 Å². The Bertz CT molecular complexity index is 714. The number of carbonyl (C=O) groups excluding carboxylic acids is 1. The highest BCUT2D eigenvalue weighted by molar-refractivity contribution is 5.69. The third kappa shape index (κ3) is 30.0. The second-order valence-electron chi connectivity index (χ2n) is 10.3. The molecule has 1 N–H and O–H groups in total. The molecule has 4 nitrogen and oxygen atoms in total. The van der Waals surface area contributed by atoms with Crippen LogP contribution in [-0.2, 0) is 14.3 Å². The average molecular weight is 543 g/mol. The molecule has 0 bridgehead atoms. The Labute approximate surface area is 240 Å². The lowest BCUT2D eigenvalue weighted by atomic mass is 10.0. The van der Waals surface area contributed by atoms with E-state index in [4.69, 9.17) is 9.84 Å². The van der Waals surface area contributed by atoms with Gasteiger partial charge >= 0.3 is 11.9 Å². The van der Waals surface area contributed by atoms with Crippen molar-refractivity contribution in [1.82, 2.24) is 0 Å². The van der Waals surface area contributed by atoms with Gasteiger partial charge < -0.3 is 9.84 Å². The number of carboxylic acids is 1. The summed E-state index contributed by atoms with van der Waals surface area (Å²) in [5.41, 5.74) is 0. The molecule has 1 atom stereocenters. The van der Waals surface area contributed by atoms with Gasteiger partial charge in [-0.3, -0.25) is 9.59 Å². The third-order valence-corrected chi connectivity index (χ3v) is 6.50. The van der Waals surface area contributed by atoms with Gasteiger partial charge in [-0.1, -0.05) is 113 Å². The van der Waals surface area contributed by atoms with Crippen molar-refractivity contribution in [3.8, 4) is 0 Å². The molecule has 0 aliphatic rings. The number of allylic oxidation sites excluding steroid dienone is 10. The van der Waals surface area contributed by atoms with Gasteiger partial charge in [-0.25, -0.2) is 0 Å². The number of carbonyl (C=O) groups is 2. The molecule has 0 radical (unpaired) electrons. The Morgan fingerprint density at radius 3 is 1.62 bits per heavy atom. The van der Waals surface area contributed by atoms with Gasteiger partial charge in [-0.05, 0) is 77.0 Å². The van der Waals surface area contributed by atoms with Crippen LogP contribution in [0.2, 0.25) is 0 Å². The molecule has 0 rings (SSSR count). The molecule has 4 heteroatoms. The van der Waals surface area contributed by atoms with Crippen LogP contribution in [0.1, 0.15) is 142 Å². The highest BCUT2D eigenvalue weighted by Gasteiger charge is 2.14. The quantitative estimate of drug-likeness (QED) is 0.0637. The fraction of sp³-hybridized carbons (Fsp3) is 0.657. The molecule has 39 heavy (non-hydrogen) atoms. The highest BCUT2D eigenvalue weighted by atomic mass is 16.5. The Kier molecular flexibility index (Phi) is 28.4. The first-order valence-electron chi connectivity index (χ1n) is 15.8. The molecule has 0 aliphatic heterocycles. The Hall–Kier alpha value is -2.36. The lowest BCUT2D eigenvalue weighted by Crippen LogP contribution is -2.18. The first-order chi connectivity index (χ1) is 19.1. The molecule has 222 valence electrons. The van der Waals surface area contributed by atoms with Crippen molar-refractivity contribution in [3.05, 3.63) is 60.8 Å². The molecule has 0 heterocycles. The molecule has 0 saturated heterocycles. The predicted octanol–water partition coefficient (Wildman–Crippen LogP) is 10.6. The molecule has 0 saturated carbocycles. The number of unbranched alkanes of at least 4 members (excludes halogenated alkanes) is 8. The number of hydrogen-bond acceptors (Lipinski definition) is 3. The van der Waals surface area contributed by atoms with Crippen LogP contribution in [0.25, 0.3) is 0 Å². The van der Waals surface area contributed by atoms with Crippen molar-refractivity contribution < 1.29 is 19.4 Å². The number of aliphatic carboxylic acids is 1. The average Bonchev–Trinajstić information content (AvgIpc) is 2.91. The van der Waals surface area contributed by atoms with Crippen LogP contribution >= 0.6 is 0 Å². The van der Waals surface area contributed by atoms with Gasteiger partial charge in [-0.15, -0.1) is 0 Å². The fourth-order valence-electron chi connectivity index (χ4n) is 4.22. The van der Waals surface area contributed by atoms with E-state index >= 15 is 0 Å². The summed E-state index contributed by atoms with van der Waals surface area (Å²) in [7, 11) is 0. The SMILES string of the molecule is CC/C=C\C/C=C\C/C=C\C/C=C\C/C=C\CCCC(=O)OC(CCCCCC)CCCCCCCC(=O)O. The maximum absolute atomic E-state index is 12.4. The largest absolute Gasteiger partial charge is 0.481 e. The smallest absolute Gasteiger partial charge is 0.306 e. The predicted molar refractivity (Wildman–Crippen MR) is 167 cm³/mol. The minimum Gasteiger partial charge on any atom is -0.481 e. The summed E-state index contributed by atoms with van der Waals surface area (Å²) in [5, 5.41) is 8.73. The van der Waals surface area contributed by atoms with Crippen molar-refractivity contribution in [2.24, 2.45) is 0 Å². The number of carboxylic acid groups (broad SMARTS) is 1. The number of ether oxygens (including phenoxy) is 1. The molecule has 0 aliphatic carbocycles. The van der Waals surface area contributed by atoms with Crippen molar-refractivity contribution in [2.45, 2.75) is 148 Å². The van der Waals surface area contributed by atoms with Crippen LogP contribution in [-0.4, -0.2) is 23.1 Å². The van der Waals surface area contributed by atoms with Crippen molar-refractivity contribution in [3.63, 3.8) is 0 Å². The van der Waals surface area contributed by atoms with Crippen LogP contribution in [0.15, 0.2) is 60.8 Å². The summed E-state index contributed by atoms with van der Waals surface area (Å²) in [6.45, 7) is 4.36. The summed E-state index contributed by atoms with van der Waals surface area (Å²) < 4.78 is 5.85. The summed E-state index contributed by atoms with van der Waals surface area (Å²) in [6.07, 6.45) is 41.0. The van der Waals surface area contributed by atoms with Crippen LogP contribution in [0.4, 0.5) is 0 Å². The van der Waals surface area contributed by atoms with E-state index in [0.717, 1.165) is 96.3 Å². The lowest BCUT2D eigenvalue weighted by Gasteiger charge is -2.18. The van der Waals surface area contributed by atoms with Crippen molar-refractivity contribution in [1.29, 1.82) is 0 Å². The Morgan fingerprint density at radius 2 is 1.08 bits per heavy atom. The molecule has 0 aromatic carbocycles. The van der Waals surface area contributed by atoms with Gasteiger partial charge in [0.1, 0.15) is 6.10 Å². The zero-order valence-electron chi connectivity index (χ0n) is 25.2. The first-order valence-corrected chi connectivity index (χ1v) is 15.8. The normalized spacial score (nSPS) is 13.1. The molecule has 0 aromatic heterocycles. The van der Waals surface area contributed by atoms with E-state index in [1.807, 2.05) is 0 Å². The summed E-state index contributed by atoms with van der Waals surface area (Å²) in [4.78, 5) is 23.0. The van der Waals surface area contributed by atoms with E-state index < -0.39 is 5.97 Å². The second-order valence-corrected chi connectivity index (χ2v) is 10.3. The van der Waals surface area contributed by atoms with E-state index in [2.05, 4.69) is 74.6 Å². The van der Waals surface area contributed by atoms with Crippen molar-refractivity contribution in [2.75, 3.05) is 0 Å². The van der Waals surface area contributed by atoms with E-state index in [1.54, 1.807) is 0 Å². The van der Waals surface area contributed by atoms with E-state index in [1.165, 1.54) is 19.3 Å². The van der Waals surface area contributed by atoms with E-state index in [-0.39, 0.29) is 18.5 Å². The molecule has 1 unspecified atom stereocenters. The van der Waals surface area contributed by atoms with Crippen LogP contribution in [0, 0.1) is 0 Å². The summed E-state index contributed by atoms with van der Waals surface area (Å²) in [6, 6.07) is 0. The standard InChI is InChI=1S/C35H58O4/c1-3-5-7-9-10-11-12-13-14-15-16-17-18-19-20-24-28-32-35(38)39-33(29-25-8-6-4-2)30-26-22-21-23-27-31-34(36)37/h5,7,10-11,13-14,16-17,19-20,33H,3-4,6,8-9,12,15,18,21-32H2,1-2H3,(H,36,37)/b7-5-,11-10-,14-13-,17-16-,20-19-. The van der Waals surface area contributed by atoms with Gasteiger partial charge in [0.2, 0.25) is 0 Å². The maximum Gasteiger partial charge on any atom is 0.306 e. The minimum absolute atomic E-state index is 0.0297. The number of hydrogen-bond donors (Lipinski definition) is 1. The van der Waals surface area contributed by atoms with E-state index in [0.29, 0.717) is 6.42 Å². The summed E-state index contributed by atoms with van der Waals surface area (Å²) in [5.74, 6) is -0.778. The topological polar surface area (TPSA) is 63.6 Å². The fourth-order valence-corrected chi connectivity index (χ4v) is 4.22. The van der Waals surface area contributed by atoms with Crippen LogP contribution < -0.4 is 0 Å². The van der Waals surface area contributed by atoms with E-state index in [9.17, 15) is 9.59 Å². The third-order valence-electron chi connectivity index (χ3n) is 6.50. The van der Waals surface area contributed by atoms with Gasteiger partial charge in [0.25, 0.3) is 0 Å². The Balaban J connectivity index is 4.00. The minimum atomic E-state index is -0.713. The zero-order valence-corrected chi connectivity index (χ0v) is 25.2. The van der Waals surface area contributed by atoms with Crippen LogP contribution in [0.5, 0.6) is 0 Å². The molecule has 0 amide bonds. The monoisotopic (exact) mass is 542 g/mol. The van der Waals surface area contributed by atoms with Gasteiger partial charge in [-0.2, -0.15) is 0 Å². The van der Waals surface area contributed by atoms with Gasteiger partial charge in [0, 0.05) is 12.8 Å². The first kappa shape index (κ1) is 36.6.